The minimum Gasteiger partial charge on any atom is -0.479 e. The fraction of sp³-hybridized carbons (Fsp3) is 0.429. The summed E-state index contributed by atoms with van der Waals surface area (Å²) in [6, 6.07) is 3.92. The Morgan fingerprint density at radius 1 is 1.45 bits per heavy atom. The Labute approximate surface area is 138 Å². The predicted molar refractivity (Wildman–Crippen MR) is 81.7 cm³/mol. The van der Waals surface area contributed by atoms with Crippen molar-refractivity contribution < 1.29 is 13.7 Å². The highest BCUT2D eigenvalue weighted by Crippen LogP contribution is 2.37. The maximum atomic E-state index is 13.0. The lowest BCUT2D eigenvalue weighted by Crippen LogP contribution is -2.44. The zero-order valence-electron chi connectivity index (χ0n) is 11.9. The smallest absolute Gasteiger partial charge is 0.267 e. The molecule has 1 aromatic carbocycles. The van der Waals surface area contributed by atoms with Gasteiger partial charge >= 0.3 is 0 Å². The van der Waals surface area contributed by atoms with E-state index in [1.54, 1.807) is 6.92 Å². The van der Waals surface area contributed by atoms with Crippen LogP contribution in [0.25, 0.3) is 0 Å². The SMILES string of the molecule is CC(Oc1ccc(F)cc1Cl)c1nc(C2(N)CCC2)no1.Cl. The van der Waals surface area contributed by atoms with Crippen molar-refractivity contribution in [2.75, 3.05) is 0 Å². The van der Waals surface area contributed by atoms with Crippen molar-refractivity contribution in [1.82, 2.24) is 10.1 Å². The normalized spacial score (nSPS) is 17.3. The van der Waals surface area contributed by atoms with E-state index < -0.39 is 17.5 Å². The zero-order valence-corrected chi connectivity index (χ0v) is 13.5. The van der Waals surface area contributed by atoms with E-state index in [9.17, 15) is 4.39 Å². The topological polar surface area (TPSA) is 74.2 Å². The van der Waals surface area contributed by atoms with Crippen LogP contribution < -0.4 is 10.5 Å². The molecule has 0 aliphatic heterocycles. The van der Waals surface area contributed by atoms with Crippen LogP contribution in [0.4, 0.5) is 4.39 Å². The van der Waals surface area contributed by atoms with Crippen molar-refractivity contribution in [3.8, 4) is 5.75 Å². The molecular weight excluding hydrogens is 332 g/mol. The summed E-state index contributed by atoms with van der Waals surface area (Å²) in [5, 5.41) is 4.12. The second-order valence-electron chi connectivity index (χ2n) is 5.30. The highest BCUT2D eigenvalue weighted by molar-refractivity contribution is 6.32. The van der Waals surface area contributed by atoms with E-state index in [1.165, 1.54) is 18.2 Å². The molecule has 3 rings (SSSR count). The summed E-state index contributed by atoms with van der Waals surface area (Å²) in [7, 11) is 0. The summed E-state index contributed by atoms with van der Waals surface area (Å²) in [5.74, 6) is 0.762. The van der Waals surface area contributed by atoms with Crippen LogP contribution in [0.3, 0.4) is 0 Å². The van der Waals surface area contributed by atoms with Gasteiger partial charge in [-0.1, -0.05) is 16.8 Å². The summed E-state index contributed by atoms with van der Waals surface area (Å²) >= 11 is 5.92. The summed E-state index contributed by atoms with van der Waals surface area (Å²) < 4.78 is 23.8. The van der Waals surface area contributed by atoms with Gasteiger partial charge < -0.3 is 15.0 Å². The molecule has 1 fully saturated rings. The second kappa shape index (κ2) is 6.40. The van der Waals surface area contributed by atoms with Crippen LogP contribution in [0.15, 0.2) is 22.7 Å². The largest absolute Gasteiger partial charge is 0.479 e. The molecule has 5 nitrogen and oxygen atoms in total. The number of benzene rings is 1. The third kappa shape index (κ3) is 3.19. The highest BCUT2D eigenvalue weighted by Gasteiger charge is 2.39. The Morgan fingerprint density at radius 2 is 2.18 bits per heavy atom. The first-order chi connectivity index (χ1) is 9.98. The van der Waals surface area contributed by atoms with Crippen molar-refractivity contribution in [3.63, 3.8) is 0 Å². The molecule has 2 N–H and O–H groups in total. The van der Waals surface area contributed by atoms with Gasteiger partial charge in [0, 0.05) is 0 Å². The molecule has 1 heterocycles. The zero-order chi connectivity index (χ0) is 15.0. The van der Waals surface area contributed by atoms with Crippen LogP contribution in [0.1, 0.15) is 44.0 Å². The Bertz CT molecular complexity index is 661. The van der Waals surface area contributed by atoms with Gasteiger partial charge in [0.1, 0.15) is 11.6 Å². The number of nitrogens with zero attached hydrogens (tertiary/aromatic N) is 2. The van der Waals surface area contributed by atoms with Crippen molar-refractivity contribution in [2.45, 2.75) is 37.8 Å². The quantitative estimate of drug-likeness (QED) is 0.911. The van der Waals surface area contributed by atoms with Gasteiger partial charge in [-0.25, -0.2) is 4.39 Å². The lowest BCUT2D eigenvalue weighted by atomic mass is 9.77. The van der Waals surface area contributed by atoms with Gasteiger partial charge in [0.2, 0.25) is 0 Å². The Balaban J connectivity index is 0.00000176. The minimum atomic E-state index is -0.502. The molecular formula is C14H16Cl2FN3O2. The average Bonchev–Trinajstić information content (AvgIpc) is 2.89. The second-order valence-corrected chi connectivity index (χ2v) is 5.71. The molecule has 22 heavy (non-hydrogen) atoms. The van der Waals surface area contributed by atoms with Crippen molar-refractivity contribution in [1.29, 1.82) is 0 Å². The fourth-order valence-corrected chi connectivity index (χ4v) is 2.41. The molecule has 1 unspecified atom stereocenters. The number of ether oxygens (including phenoxy) is 1. The van der Waals surface area contributed by atoms with Gasteiger partial charge in [-0.3, -0.25) is 0 Å². The molecule has 1 aliphatic carbocycles. The number of hydrogen-bond donors (Lipinski definition) is 1. The molecule has 0 saturated heterocycles. The van der Waals surface area contributed by atoms with Crippen LogP contribution in [-0.2, 0) is 5.54 Å². The summed E-state index contributed by atoms with van der Waals surface area (Å²) in [4.78, 5) is 4.30. The van der Waals surface area contributed by atoms with Gasteiger partial charge in [0.05, 0.1) is 10.6 Å². The van der Waals surface area contributed by atoms with Crippen LogP contribution in [0, 0.1) is 5.82 Å². The Morgan fingerprint density at radius 3 is 2.77 bits per heavy atom. The van der Waals surface area contributed by atoms with Gasteiger partial charge in [-0.15, -0.1) is 12.4 Å². The van der Waals surface area contributed by atoms with E-state index in [4.69, 9.17) is 26.6 Å². The van der Waals surface area contributed by atoms with E-state index >= 15 is 0 Å². The highest BCUT2D eigenvalue weighted by atomic mass is 35.5. The summed E-state index contributed by atoms with van der Waals surface area (Å²) in [6.45, 7) is 1.75. The van der Waals surface area contributed by atoms with Gasteiger partial charge in [-0.05, 0) is 44.4 Å². The summed E-state index contributed by atoms with van der Waals surface area (Å²) in [6.07, 6.45) is 2.27. The van der Waals surface area contributed by atoms with Crippen molar-refractivity contribution in [3.05, 3.63) is 40.8 Å². The molecule has 1 aromatic heterocycles. The van der Waals surface area contributed by atoms with E-state index in [0.717, 1.165) is 19.3 Å². The number of nitrogens with two attached hydrogens (primary N) is 1. The first-order valence-corrected chi connectivity index (χ1v) is 7.10. The number of hydrogen-bond acceptors (Lipinski definition) is 5. The molecule has 1 saturated carbocycles. The van der Waals surface area contributed by atoms with E-state index in [-0.39, 0.29) is 17.4 Å². The summed E-state index contributed by atoms with van der Waals surface area (Å²) in [5.41, 5.74) is 5.67. The van der Waals surface area contributed by atoms with Crippen LogP contribution in [-0.4, -0.2) is 10.1 Å². The van der Waals surface area contributed by atoms with Gasteiger partial charge in [0.25, 0.3) is 5.89 Å². The molecule has 1 aliphatic rings. The van der Waals surface area contributed by atoms with E-state index in [1.807, 2.05) is 0 Å². The Hall–Kier alpha value is -1.37. The number of rotatable bonds is 4. The maximum absolute atomic E-state index is 13.0. The molecule has 2 aromatic rings. The number of aromatic nitrogens is 2. The third-order valence-electron chi connectivity index (χ3n) is 3.68. The molecule has 0 amide bonds. The van der Waals surface area contributed by atoms with Crippen LogP contribution >= 0.6 is 24.0 Å². The monoisotopic (exact) mass is 347 g/mol. The average molecular weight is 348 g/mol. The minimum absolute atomic E-state index is 0. The van der Waals surface area contributed by atoms with Crippen LogP contribution in [0.5, 0.6) is 5.75 Å². The van der Waals surface area contributed by atoms with E-state index in [0.29, 0.717) is 17.5 Å². The fourth-order valence-electron chi connectivity index (χ4n) is 2.20. The molecule has 120 valence electrons. The molecule has 0 bridgehead atoms. The van der Waals surface area contributed by atoms with E-state index in [2.05, 4.69) is 10.1 Å². The Kier molecular flexibility index (Phi) is 4.94. The van der Waals surface area contributed by atoms with Gasteiger partial charge in [0.15, 0.2) is 11.9 Å². The lowest BCUT2D eigenvalue weighted by molar-refractivity contribution is 0.174. The molecule has 1 atom stereocenters. The molecule has 0 radical (unpaired) electrons. The first-order valence-electron chi connectivity index (χ1n) is 6.73. The molecule has 8 heteroatoms. The standard InChI is InChI=1S/C14H15ClFN3O2.ClH/c1-8(20-11-4-3-9(16)7-10(11)15)12-18-13(19-21-12)14(17)5-2-6-14;/h3-4,7-8H,2,5-6,17H2,1H3;1H. The predicted octanol–water partition coefficient (Wildman–Crippen LogP) is 3.76. The molecule has 0 spiro atoms. The van der Waals surface area contributed by atoms with Crippen molar-refractivity contribution >= 4 is 24.0 Å². The third-order valence-corrected chi connectivity index (χ3v) is 3.97. The van der Waals surface area contributed by atoms with Crippen molar-refractivity contribution in [2.24, 2.45) is 5.73 Å². The number of halogens is 3. The van der Waals surface area contributed by atoms with Crippen LogP contribution in [0.2, 0.25) is 5.02 Å². The van der Waals surface area contributed by atoms with Gasteiger partial charge in [-0.2, -0.15) is 4.98 Å². The lowest BCUT2D eigenvalue weighted by Gasteiger charge is -2.34. The first kappa shape index (κ1) is 17.0. The maximum Gasteiger partial charge on any atom is 0.267 e.